The van der Waals surface area contributed by atoms with E-state index < -0.39 is 15.6 Å². The number of H-pyrrole nitrogens is 1. The number of rotatable bonds is 10. The van der Waals surface area contributed by atoms with E-state index in [2.05, 4.69) is 26.9 Å². The molecule has 0 amide bonds. The Hall–Kier alpha value is -2.87. The van der Waals surface area contributed by atoms with Crippen LogP contribution >= 0.6 is 0 Å². The van der Waals surface area contributed by atoms with Crippen LogP contribution < -0.4 is 10.3 Å². The predicted molar refractivity (Wildman–Crippen MR) is 139 cm³/mol. The summed E-state index contributed by atoms with van der Waals surface area (Å²) < 4.78 is 41.0. The van der Waals surface area contributed by atoms with E-state index >= 15 is 0 Å². The summed E-state index contributed by atoms with van der Waals surface area (Å²) in [4.78, 5) is 27.1. The van der Waals surface area contributed by atoms with Gasteiger partial charge in [0.05, 0.1) is 24.1 Å². The average molecular weight is 534 g/mol. The van der Waals surface area contributed by atoms with Gasteiger partial charge in [-0.05, 0) is 32.9 Å². The maximum absolute atomic E-state index is 13.4. The van der Waals surface area contributed by atoms with Crippen molar-refractivity contribution in [2.24, 2.45) is 0 Å². The quantitative estimate of drug-likeness (QED) is 0.386. The lowest BCUT2D eigenvalue weighted by Gasteiger charge is -2.31. The van der Waals surface area contributed by atoms with Gasteiger partial charge in [-0.3, -0.25) is 9.48 Å². The van der Waals surface area contributed by atoms with Gasteiger partial charge < -0.3 is 19.4 Å². The molecule has 4 heterocycles. The SMILES string of the molecule is CCc1c2nc(-c3cc(S(=O)(=O)N4CCN(C)CC4)cnc3OCCOC)[nH]c(=O)c2nn1[C@H](C)CC. The van der Waals surface area contributed by atoms with Gasteiger partial charge in [-0.25, -0.2) is 18.4 Å². The van der Waals surface area contributed by atoms with E-state index in [1.165, 1.54) is 16.6 Å². The highest BCUT2D eigenvalue weighted by molar-refractivity contribution is 7.89. The number of aryl methyl sites for hydroxylation is 1. The van der Waals surface area contributed by atoms with Crippen molar-refractivity contribution >= 4 is 21.1 Å². The van der Waals surface area contributed by atoms with Crippen LogP contribution in [0, 0.1) is 0 Å². The molecule has 0 radical (unpaired) electrons. The number of ether oxygens (including phenoxy) is 2. The van der Waals surface area contributed by atoms with E-state index in [0.717, 1.165) is 12.1 Å². The van der Waals surface area contributed by atoms with Crippen molar-refractivity contribution in [3.63, 3.8) is 0 Å². The fourth-order valence-electron chi connectivity index (χ4n) is 4.29. The van der Waals surface area contributed by atoms with E-state index in [1.54, 1.807) is 7.11 Å². The highest BCUT2D eigenvalue weighted by Gasteiger charge is 2.29. The number of hydrogen-bond acceptors (Lipinski definition) is 9. The topological polar surface area (TPSA) is 136 Å². The Morgan fingerprint density at radius 1 is 1.14 bits per heavy atom. The standard InChI is InChI=1S/C24H35N7O5S/c1-6-16(3)31-19(7-2)20-21(28-31)23(32)27-22(26-20)18-14-17(15-25-24(18)36-13-12-35-5)37(33,34)30-10-8-29(4)9-11-30/h14-16H,6-13H2,1-5H3,(H,26,27,32)/t16-/m1/s1. The minimum atomic E-state index is -3.81. The number of methoxy groups -OCH3 is 1. The number of sulfonamides is 1. The predicted octanol–water partition coefficient (Wildman–Crippen LogP) is 1.68. The molecule has 0 bridgehead atoms. The summed E-state index contributed by atoms with van der Waals surface area (Å²) >= 11 is 0. The molecule has 0 unspecified atom stereocenters. The Labute approximate surface area is 216 Å². The van der Waals surface area contributed by atoms with Crippen molar-refractivity contribution in [1.29, 1.82) is 0 Å². The van der Waals surface area contributed by atoms with Crippen LogP contribution in [-0.4, -0.2) is 95.9 Å². The minimum Gasteiger partial charge on any atom is -0.475 e. The molecule has 0 saturated carbocycles. The Kier molecular flexibility index (Phi) is 8.26. The third-order valence-corrected chi connectivity index (χ3v) is 8.57. The third kappa shape index (κ3) is 5.40. The van der Waals surface area contributed by atoms with Crippen LogP contribution in [0.1, 0.15) is 38.9 Å². The largest absolute Gasteiger partial charge is 0.475 e. The van der Waals surface area contributed by atoms with Crippen LogP contribution in [0.5, 0.6) is 5.88 Å². The molecule has 0 aromatic carbocycles. The molecule has 12 nitrogen and oxygen atoms in total. The summed E-state index contributed by atoms with van der Waals surface area (Å²) in [5, 5.41) is 4.54. The van der Waals surface area contributed by atoms with Crippen LogP contribution in [-0.2, 0) is 21.2 Å². The van der Waals surface area contributed by atoms with Gasteiger partial charge in [0, 0.05) is 39.3 Å². The van der Waals surface area contributed by atoms with Crippen LogP contribution in [0.4, 0.5) is 0 Å². The lowest BCUT2D eigenvalue weighted by molar-refractivity contribution is 0.144. The summed E-state index contributed by atoms with van der Waals surface area (Å²) in [6.45, 7) is 8.65. The molecule has 3 aromatic heterocycles. The molecule has 202 valence electrons. The van der Waals surface area contributed by atoms with Gasteiger partial charge in [-0.2, -0.15) is 9.40 Å². The molecule has 4 rings (SSSR count). The molecule has 1 aliphatic rings. The minimum absolute atomic E-state index is 0.0138. The Morgan fingerprint density at radius 2 is 1.86 bits per heavy atom. The number of fused-ring (bicyclic) bond motifs is 1. The number of nitrogens with zero attached hydrogens (tertiary/aromatic N) is 6. The van der Waals surface area contributed by atoms with E-state index in [0.29, 0.717) is 44.7 Å². The first-order valence-electron chi connectivity index (χ1n) is 12.5. The Balaban J connectivity index is 1.85. The van der Waals surface area contributed by atoms with E-state index in [4.69, 9.17) is 14.5 Å². The summed E-state index contributed by atoms with van der Waals surface area (Å²) in [5.41, 5.74) is 1.44. The maximum atomic E-state index is 13.4. The number of aromatic nitrogens is 5. The molecule has 3 aromatic rings. The van der Waals surface area contributed by atoms with Gasteiger partial charge in [-0.1, -0.05) is 13.8 Å². The molecule has 1 N–H and O–H groups in total. The van der Waals surface area contributed by atoms with Gasteiger partial charge >= 0.3 is 0 Å². The molecular formula is C24H35N7O5S. The first-order valence-corrected chi connectivity index (χ1v) is 14.0. The van der Waals surface area contributed by atoms with Gasteiger partial charge in [0.25, 0.3) is 5.56 Å². The summed E-state index contributed by atoms with van der Waals surface area (Å²) in [5.74, 6) is 0.329. The van der Waals surface area contributed by atoms with Gasteiger partial charge in [0.1, 0.15) is 22.8 Å². The highest BCUT2D eigenvalue weighted by atomic mass is 32.2. The van der Waals surface area contributed by atoms with Crippen molar-refractivity contribution < 1.29 is 17.9 Å². The first kappa shape index (κ1) is 27.2. The molecule has 1 saturated heterocycles. The molecule has 37 heavy (non-hydrogen) atoms. The Morgan fingerprint density at radius 3 is 2.51 bits per heavy atom. The fourth-order valence-corrected chi connectivity index (χ4v) is 5.68. The van der Waals surface area contributed by atoms with E-state index in [9.17, 15) is 13.2 Å². The van der Waals surface area contributed by atoms with Crippen molar-refractivity contribution in [1.82, 2.24) is 33.9 Å². The highest BCUT2D eigenvalue weighted by Crippen LogP contribution is 2.30. The zero-order chi connectivity index (χ0) is 26.7. The molecule has 0 aliphatic carbocycles. The maximum Gasteiger partial charge on any atom is 0.279 e. The normalized spacial score (nSPS) is 16.4. The number of hydrogen-bond donors (Lipinski definition) is 1. The van der Waals surface area contributed by atoms with Crippen LogP contribution in [0.3, 0.4) is 0 Å². The summed E-state index contributed by atoms with van der Waals surface area (Å²) in [7, 11) is -0.293. The summed E-state index contributed by atoms with van der Waals surface area (Å²) in [6, 6.07) is 1.57. The molecule has 0 spiro atoms. The molecule has 1 atom stereocenters. The third-order valence-electron chi connectivity index (χ3n) is 6.70. The van der Waals surface area contributed by atoms with Crippen molar-refractivity contribution in [3.8, 4) is 17.3 Å². The second-order valence-corrected chi connectivity index (χ2v) is 11.1. The number of pyridine rings is 1. The number of aromatic amines is 1. The van der Waals surface area contributed by atoms with Crippen LogP contribution in [0.2, 0.25) is 0 Å². The fraction of sp³-hybridized carbons (Fsp3) is 0.583. The lowest BCUT2D eigenvalue weighted by Crippen LogP contribution is -2.47. The number of nitrogens with one attached hydrogen (secondary N) is 1. The second-order valence-electron chi connectivity index (χ2n) is 9.19. The van der Waals surface area contributed by atoms with E-state index in [1.807, 2.05) is 25.6 Å². The average Bonchev–Trinajstić information content (AvgIpc) is 3.28. The van der Waals surface area contributed by atoms with Gasteiger partial charge in [0.2, 0.25) is 15.9 Å². The zero-order valence-electron chi connectivity index (χ0n) is 22.0. The number of likely N-dealkylation sites (N-methyl/N-ethyl adjacent to an activating group) is 1. The number of piperazine rings is 1. The Bertz CT molecular complexity index is 1410. The van der Waals surface area contributed by atoms with E-state index in [-0.39, 0.29) is 40.3 Å². The zero-order valence-corrected chi connectivity index (χ0v) is 22.8. The molecular weight excluding hydrogens is 498 g/mol. The lowest BCUT2D eigenvalue weighted by atomic mass is 10.2. The molecule has 1 fully saturated rings. The summed E-state index contributed by atoms with van der Waals surface area (Å²) in [6.07, 6.45) is 2.76. The van der Waals surface area contributed by atoms with Gasteiger partial charge in [-0.15, -0.1) is 0 Å². The van der Waals surface area contributed by atoms with Crippen LogP contribution in [0.15, 0.2) is 22.0 Å². The van der Waals surface area contributed by atoms with Crippen LogP contribution in [0.25, 0.3) is 22.4 Å². The van der Waals surface area contributed by atoms with Crippen molar-refractivity contribution in [3.05, 3.63) is 28.3 Å². The second kappa shape index (κ2) is 11.3. The molecule has 13 heteroatoms. The molecule has 1 aliphatic heterocycles. The van der Waals surface area contributed by atoms with Gasteiger partial charge in [0.15, 0.2) is 5.52 Å². The van der Waals surface area contributed by atoms with Crippen molar-refractivity contribution in [2.45, 2.75) is 44.6 Å². The van der Waals surface area contributed by atoms with Crippen molar-refractivity contribution in [2.75, 3.05) is 53.6 Å². The monoisotopic (exact) mass is 533 g/mol. The first-order chi connectivity index (χ1) is 17.7. The smallest absolute Gasteiger partial charge is 0.279 e.